The van der Waals surface area contributed by atoms with Crippen molar-refractivity contribution in [2.75, 3.05) is 25.9 Å². The fourth-order valence-corrected chi connectivity index (χ4v) is 4.46. The van der Waals surface area contributed by atoms with Gasteiger partial charge in [-0.3, -0.25) is 4.99 Å². The Bertz CT molecular complexity index is 587. The van der Waals surface area contributed by atoms with Gasteiger partial charge in [-0.15, -0.1) is 22.7 Å². The minimum absolute atomic E-state index is 0.847. The summed E-state index contributed by atoms with van der Waals surface area (Å²) in [7, 11) is 1.80. The van der Waals surface area contributed by atoms with Gasteiger partial charge in [0.1, 0.15) is 4.34 Å². The molecule has 0 spiro atoms. The van der Waals surface area contributed by atoms with E-state index in [9.17, 15) is 0 Å². The molecule has 0 unspecified atom stereocenters. The number of nitrogens with zero attached hydrogens (tertiary/aromatic N) is 3. The van der Waals surface area contributed by atoms with E-state index in [1.165, 1.54) is 9.88 Å². The SMILES string of the molecule is CN=C(NCCCSc1nccs1)NCCc1nc(C)c(C)s1. The molecule has 0 saturated carbocycles. The average molecular weight is 370 g/mol. The molecule has 5 nitrogen and oxygen atoms in total. The largest absolute Gasteiger partial charge is 0.356 e. The second kappa shape index (κ2) is 9.89. The van der Waals surface area contributed by atoms with E-state index in [0.29, 0.717) is 0 Å². The summed E-state index contributed by atoms with van der Waals surface area (Å²) in [6, 6.07) is 0. The zero-order valence-corrected chi connectivity index (χ0v) is 16.2. The monoisotopic (exact) mass is 369 g/mol. The number of aromatic nitrogens is 2. The standard InChI is InChI=1S/C15H23N5S3/c1-11-12(2)23-13(20-11)5-7-18-14(16-3)17-6-4-9-21-15-19-8-10-22-15/h8,10H,4-7,9H2,1-3H3,(H2,16,17,18). The molecule has 2 N–H and O–H groups in total. The third-order valence-electron chi connectivity index (χ3n) is 3.18. The van der Waals surface area contributed by atoms with E-state index >= 15 is 0 Å². The Kier molecular flexibility index (Phi) is 7.84. The number of hydrogen-bond acceptors (Lipinski definition) is 6. The fourth-order valence-electron chi connectivity index (χ4n) is 1.87. The molecule has 0 aliphatic carbocycles. The fraction of sp³-hybridized carbons (Fsp3) is 0.533. The average Bonchev–Trinajstić information content (AvgIpc) is 3.16. The lowest BCUT2D eigenvalue weighted by Gasteiger charge is -2.10. The van der Waals surface area contributed by atoms with Gasteiger partial charge in [0.05, 0.1) is 10.7 Å². The smallest absolute Gasteiger partial charge is 0.190 e. The summed E-state index contributed by atoms with van der Waals surface area (Å²) in [4.78, 5) is 14.4. The van der Waals surface area contributed by atoms with Crippen LogP contribution in [-0.4, -0.2) is 41.8 Å². The maximum atomic E-state index is 4.55. The molecule has 0 saturated heterocycles. The summed E-state index contributed by atoms with van der Waals surface area (Å²) in [5, 5.41) is 9.88. The Labute approximate surface area is 150 Å². The summed E-state index contributed by atoms with van der Waals surface area (Å²) >= 11 is 5.28. The van der Waals surface area contributed by atoms with Gasteiger partial charge in [-0.05, 0) is 20.3 Å². The first-order valence-corrected chi connectivity index (χ1v) is 10.3. The number of nitrogens with one attached hydrogen (secondary N) is 2. The summed E-state index contributed by atoms with van der Waals surface area (Å²) < 4.78 is 1.14. The molecule has 0 fully saturated rings. The number of hydrogen-bond donors (Lipinski definition) is 2. The van der Waals surface area contributed by atoms with Crippen molar-refractivity contribution in [1.29, 1.82) is 0 Å². The van der Waals surface area contributed by atoms with Crippen molar-refractivity contribution in [3.05, 3.63) is 27.2 Å². The number of aliphatic imine (C=N–C) groups is 1. The van der Waals surface area contributed by atoms with Crippen molar-refractivity contribution in [3.8, 4) is 0 Å². The number of rotatable bonds is 8. The number of thioether (sulfide) groups is 1. The van der Waals surface area contributed by atoms with E-state index in [-0.39, 0.29) is 0 Å². The van der Waals surface area contributed by atoms with Crippen LogP contribution in [0, 0.1) is 13.8 Å². The van der Waals surface area contributed by atoms with E-state index < -0.39 is 0 Å². The predicted octanol–water partition coefficient (Wildman–Crippen LogP) is 3.11. The zero-order valence-electron chi connectivity index (χ0n) is 13.8. The normalized spacial score (nSPS) is 11.7. The lowest BCUT2D eigenvalue weighted by atomic mass is 10.4. The first-order valence-electron chi connectivity index (χ1n) is 7.58. The van der Waals surface area contributed by atoms with Crippen LogP contribution in [0.2, 0.25) is 0 Å². The van der Waals surface area contributed by atoms with Crippen LogP contribution in [0.1, 0.15) is 22.0 Å². The van der Waals surface area contributed by atoms with Crippen LogP contribution in [-0.2, 0) is 6.42 Å². The third-order valence-corrected chi connectivity index (χ3v) is 6.36. The van der Waals surface area contributed by atoms with Crippen LogP contribution < -0.4 is 10.6 Å². The zero-order chi connectivity index (χ0) is 16.5. The molecule has 2 aromatic heterocycles. The van der Waals surface area contributed by atoms with Crippen LogP contribution in [0.5, 0.6) is 0 Å². The molecule has 0 aliphatic rings. The maximum Gasteiger partial charge on any atom is 0.190 e. The minimum Gasteiger partial charge on any atom is -0.356 e. The van der Waals surface area contributed by atoms with Gasteiger partial charge in [0.15, 0.2) is 5.96 Å². The Morgan fingerprint density at radius 1 is 1.30 bits per heavy atom. The Morgan fingerprint density at radius 2 is 2.13 bits per heavy atom. The summed E-state index contributed by atoms with van der Waals surface area (Å²) in [6.45, 7) is 5.94. The van der Waals surface area contributed by atoms with Gasteiger partial charge in [0.2, 0.25) is 0 Å². The molecule has 2 rings (SSSR count). The lowest BCUT2D eigenvalue weighted by molar-refractivity contribution is 0.774. The molecule has 2 heterocycles. The van der Waals surface area contributed by atoms with Crippen molar-refractivity contribution >= 4 is 40.4 Å². The van der Waals surface area contributed by atoms with Crippen LogP contribution >= 0.6 is 34.4 Å². The molecular formula is C15H23N5S3. The molecule has 0 bridgehead atoms. The Morgan fingerprint density at radius 3 is 2.78 bits per heavy atom. The lowest BCUT2D eigenvalue weighted by Crippen LogP contribution is -2.38. The van der Waals surface area contributed by atoms with Crippen molar-refractivity contribution in [2.45, 2.75) is 31.0 Å². The second-order valence-electron chi connectivity index (χ2n) is 4.92. The van der Waals surface area contributed by atoms with Crippen molar-refractivity contribution in [3.63, 3.8) is 0 Å². The molecule has 2 aromatic rings. The van der Waals surface area contributed by atoms with E-state index in [1.54, 1.807) is 41.5 Å². The molecule has 0 amide bonds. The van der Waals surface area contributed by atoms with Gasteiger partial charge in [-0.1, -0.05) is 11.8 Å². The molecule has 126 valence electrons. The Balaban J connectivity index is 1.58. The number of guanidine groups is 1. The minimum atomic E-state index is 0.847. The van der Waals surface area contributed by atoms with Crippen LogP contribution in [0.15, 0.2) is 20.9 Å². The van der Waals surface area contributed by atoms with Crippen molar-refractivity contribution in [2.24, 2.45) is 4.99 Å². The first-order chi connectivity index (χ1) is 11.2. The van der Waals surface area contributed by atoms with Crippen molar-refractivity contribution in [1.82, 2.24) is 20.6 Å². The van der Waals surface area contributed by atoms with Crippen LogP contribution in [0.25, 0.3) is 0 Å². The van der Waals surface area contributed by atoms with Gasteiger partial charge in [-0.25, -0.2) is 9.97 Å². The van der Waals surface area contributed by atoms with Gasteiger partial charge < -0.3 is 10.6 Å². The quantitative estimate of drug-likeness (QED) is 0.324. The van der Waals surface area contributed by atoms with Crippen LogP contribution in [0.4, 0.5) is 0 Å². The van der Waals surface area contributed by atoms with Gasteiger partial charge >= 0.3 is 0 Å². The summed E-state index contributed by atoms with van der Waals surface area (Å²) in [5.74, 6) is 1.92. The highest BCUT2D eigenvalue weighted by atomic mass is 32.2. The maximum absolute atomic E-state index is 4.55. The third kappa shape index (κ3) is 6.48. The summed E-state index contributed by atoms with van der Waals surface area (Å²) in [6.07, 6.45) is 3.86. The predicted molar refractivity (Wildman–Crippen MR) is 102 cm³/mol. The van der Waals surface area contributed by atoms with E-state index in [4.69, 9.17) is 0 Å². The molecule has 8 heteroatoms. The topological polar surface area (TPSA) is 62.2 Å². The van der Waals surface area contributed by atoms with Gasteiger partial charge in [0, 0.05) is 48.8 Å². The van der Waals surface area contributed by atoms with Gasteiger partial charge in [-0.2, -0.15) is 0 Å². The molecule has 0 aliphatic heterocycles. The number of aryl methyl sites for hydroxylation is 2. The highest BCUT2D eigenvalue weighted by Crippen LogP contribution is 2.20. The summed E-state index contributed by atoms with van der Waals surface area (Å²) in [5.41, 5.74) is 1.14. The van der Waals surface area contributed by atoms with E-state index in [1.807, 2.05) is 11.6 Å². The first kappa shape index (κ1) is 18.2. The molecule has 0 aromatic carbocycles. The molecule has 23 heavy (non-hydrogen) atoms. The van der Waals surface area contributed by atoms with Gasteiger partial charge in [0.25, 0.3) is 0 Å². The second-order valence-corrected chi connectivity index (χ2v) is 8.45. The highest BCUT2D eigenvalue weighted by molar-refractivity contribution is 8.00. The van der Waals surface area contributed by atoms with E-state index in [0.717, 1.165) is 47.7 Å². The van der Waals surface area contributed by atoms with Crippen molar-refractivity contribution < 1.29 is 0 Å². The number of thiazole rings is 2. The Hall–Kier alpha value is -1.12. The molecular weight excluding hydrogens is 346 g/mol. The van der Waals surface area contributed by atoms with Crippen LogP contribution in [0.3, 0.4) is 0 Å². The molecule has 0 atom stereocenters. The molecule has 0 radical (unpaired) electrons. The van der Waals surface area contributed by atoms with E-state index in [2.05, 4.69) is 39.4 Å². The highest BCUT2D eigenvalue weighted by Gasteiger charge is 2.04.